The molecule has 0 aromatic heterocycles. The number of amides is 2. The average molecular weight is 276 g/mol. The Bertz CT molecular complexity index is 496. The predicted octanol–water partition coefficient (Wildman–Crippen LogP) is 1.57. The molecule has 1 aliphatic heterocycles. The van der Waals surface area contributed by atoms with Gasteiger partial charge < -0.3 is 15.0 Å². The maximum atomic E-state index is 12.4. The lowest BCUT2D eigenvalue weighted by Gasteiger charge is -2.34. The second kappa shape index (κ2) is 5.94. The van der Waals surface area contributed by atoms with Gasteiger partial charge in [0.15, 0.2) is 0 Å². The van der Waals surface area contributed by atoms with E-state index >= 15 is 0 Å². The van der Waals surface area contributed by atoms with Gasteiger partial charge >= 0.3 is 0 Å². The number of rotatable bonds is 4. The molecule has 1 aromatic rings. The summed E-state index contributed by atoms with van der Waals surface area (Å²) in [6.07, 6.45) is 0. The molecule has 0 spiro atoms. The molecule has 5 nitrogen and oxygen atoms in total. The van der Waals surface area contributed by atoms with Crippen molar-refractivity contribution in [2.24, 2.45) is 5.92 Å². The van der Waals surface area contributed by atoms with Gasteiger partial charge in [-0.25, -0.2) is 0 Å². The first kappa shape index (κ1) is 14.4. The first-order valence-electron chi connectivity index (χ1n) is 6.86. The summed E-state index contributed by atoms with van der Waals surface area (Å²) in [5.41, 5.74) is 0.721. The van der Waals surface area contributed by atoms with E-state index in [9.17, 15) is 9.59 Å². The number of ether oxygens (including phenoxy) is 1. The topological polar surface area (TPSA) is 58.6 Å². The highest BCUT2D eigenvalue weighted by atomic mass is 16.5. The molecule has 0 radical (unpaired) electrons. The van der Waals surface area contributed by atoms with E-state index in [-0.39, 0.29) is 24.3 Å². The van der Waals surface area contributed by atoms with E-state index in [1.54, 1.807) is 12.1 Å². The Morgan fingerprint density at radius 2 is 1.95 bits per heavy atom. The molecule has 1 atom stereocenters. The third kappa shape index (κ3) is 2.92. The van der Waals surface area contributed by atoms with Gasteiger partial charge in [-0.15, -0.1) is 0 Å². The van der Waals surface area contributed by atoms with Gasteiger partial charge in [0.05, 0.1) is 6.61 Å². The van der Waals surface area contributed by atoms with Crippen molar-refractivity contribution < 1.29 is 14.3 Å². The maximum Gasteiger partial charge on any atom is 0.250 e. The minimum absolute atomic E-state index is 0.0655. The van der Waals surface area contributed by atoms with Crippen molar-refractivity contribution in [2.45, 2.75) is 26.8 Å². The van der Waals surface area contributed by atoms with Gasteiger partial charge in [-0.2, -0.15) is 0 Å². The van der Waals surface area contributed by atoms with Crippen molar-refractivity contribution in [3.63, 3.8) is 0 Å². The van der Waals surface area contributed by atoms with Crippen LogP contribution in [0.3, 0.4) is 0 Å². The van der Waals surface area contributed by atoms with Crippen LogP contribution in [0.25, 0.3) is 0 Å². The molecule has 1 heterocycles. The van der Waals surface area contributed by atoms with Crippen LogP contribution in [0.5, 0.6) is 5.75 Å². The number of piperazine rings is 1. The number of nitrogens with zero attached hydrogens (tertiary/aromatic N) is 1. The van der Waals surface area contributed by atoms with Crippen LogP contribution in [0.1, 0.15) is 20.8 Å². The van der Waals surface area contributed by atoms with Gasteiger partial charge in [-0.05, 0) is 37.1 Å². The smallest absolute Gasteiger partial charge is 0.250 e. The summed E-state index contributed by atoms with van der Waals surface area (Å²) in [6, 6.07) is 6.77. The lowest BCUT2D eigenvalue weighted by molar-refractivity contribution is -0.132. The minimum atomic E-state index is -0.456. The Labute approximate surface area is 118 Å². The fourth-order valence-electron chi connectivity index (χ4n) is 2.23. The second-order valence-corrected chi connectivity index (χ2v) is 5.14. The third-order valence-electron chi connectivity index (χ3n) is 3.28. The number of benzene rings is 1. The molecule has 108 valence electrons. The SMILES string of the molecule is CCOc1ccc(N2CC(=O)NC(C(C)C)C2=O)cc1. The standard InChI is InChI=1S/C15H20N2O3/c1-4-20-12-7-5-11(6-8-12)17-9-13(18)16-14(10(2)3)15(17)19/h5-8,10,14H,4,9H2,1-3H3,(H,16,18). The van der Waals surface area contributed by atoms with Gasteiger partial charge in [-0.3, -0.25) is 9.59 Å². The summed E-state index contributed by atoms with van der Waals surface area (Å²) in [5.74, 6) is 0.628. The molecule has 1 fully saturated rings. The first-order valence-corrected chi connectivity index (χ1v) is 6.86. The maximum absolute atomic E-state index is 12.4. The molecule has 0 aliphatic carbocycles. The highest BCUT2D eigenvalue weighted by Crippen LogP contribution is 2.22. The molecular weight excluding hydrogens is 256 g/mol. The normalized spacial score (nSPS) is 19.2. The summed E-state index contributed by atoms with van der Waals surface area (Å²) in [4.78, 5) is 25.7. The molecule has 2 rings (SSSR count). The zero-order valence-corrected chi connectivity index (χ0v) is 12.1. The van der Waals surface area contributed by atoms with Crippen LogP contribution in [0.15, 0.2) is 24.3 Å². The van der Waals surface area contributed by atoms with Crippen molar-refractivity contribution in [3.05, 3.63) is 24.3 Å². The number of nitrogens with one attached hydrogen (secondary N) is 1. The molecular formula is C15H20N2O3. The summed E-state index contributed by atoms with van der Waals surface area (Å²) in [7, 11) is 0. The summed E-state index contributed by atoms with van der Waals surface area (Å²) < 4.78 is 5.37. The van der Waals surface area contributed by atoms with Gasteiger partial charge in [0, 0.05) is 5.69 Å². The van der Waals surface area contributed by atoms with E-state index in [1.807, 2.05) is 32.9 Å². The van der Waals surface area contributed by atoms with Gasteiger partial charge in [0.2, 0.25) is 11.8 Å². The molecule has 1 saturated heterocycles. The monoisotopic (exact) mass is 276 g/mol. The van der Waals surface area contributed by atoms with Crippen molar-refractivity contribution in [3.8, 4) is 5.75 Å². The summed E-state index contributed by atoms with van der Waals surface area (Å²) in [5, 5.41) is 2.74. The van der Waals surface area contributed by atoms with Gasteiger partial charge in [-0.1, -0.05) is 13.8 Å². The molecule has 5 heteroatoms. The third-order valence-corrected chi connectivity index (χ3v) is 3.28. The quantitative estimate of drug-likeness (QED) is 0.908. The number of hydrogen-bond acceptors (Lipinski definition) is 3. The zero-order valence-electron chi connectivity index (χ0n) is 12.1. The minimum Gasteiger partial charge on any atom is -0.494 e. The lowest BCUT2D eigenvalue weighted by Crippen LogP contribution is -2.60. The molecule has 2 amide bonds. The van der Waals surface area contributed by atoms with E-state index in [0.29, 0.717) is 6.61 Å². The van der Waals surface area contributed by atoms with Crippen molar-refractivity contribution in [2.75, 3.05) is 18.1 Å². The number of anilines is 1. The van der Waals surface area contributed by atoms with Gasteiger partial charge in [0.1, 0.15) is 18.3 Å². The van der Waals surface area contributed by atoms with Crippen LogP contribution in [-0.4, -0.2) is 31.0 Å². The number of hydrogen-bond donors (Lipinski definition) is 1. The fourth-order valence-corrected chi connectivity index (χ4v) is 2.23. The van der Waals surface area contributed by atoms with Crippen molar-refractivity contribution in [1.82, 2.24) is 5.32 Å². The van der Waals surface area contributed by atoms with Crippen LogP contribution in [0, 0.1) is 5.92 Å². The summed E-state index contributed by atoms with van der Waals surface area (Å²) in [6.45, 7) is 6.42. The van der Waals surface area contributed by atoms with Crippen LogP contribution >= 0.6 is 0 Å². The largest absolute Gasteiger partial charge is 0.494 e. The second-order valence-electron chi connectivity index (χ2n) is 5.14. The lowest BCUT2D eigenvalue weighted by atomic mass is 10.0. The Morgan fingerprint density at radius 3 is 2.50 bits per heavy atom. The highest BCUT2D eigenvalue weighted by molar-refractivity contribution is 6.06. The zero-order chi connectivity index (χ0) is 14.7. The molecule has 20 heavy (non-hydrogen) atoms. The number of carbonyl (C=O) groups is 2. The number of carbonyl (C=O) groups excluding carboxylic acids is 2. The van der Waals surface area contributed by atoms with Crippen LogP contribution in [0.2, 0.25) is 0 Å². The van der Waals surface area contributed by atoms with E-state index in [0.717, 1.165) is 11.4 Å². The predicted molar refractivity (Wildman–Crippen MR) is 76.7 cm³/mol. The average Bonchev–Trinajstić information content (AvgIpc) is 2.42. The first-order chi connectivity index (χ1) is 9.52. The van der Waals surface area contributed by atoms with Crippen LogP contribution in [0.4, 0.5) is 5.69 Å². The molecule has 1 aromatic carbocycles. The fraction of sp³-hybridized carbons (Fsp3) is 0.467. The van der Waals surface area contributed by atoms with E-state index < -0.39 is 6.04 Å². The molecule has 1 unspecified atom stereocenters. The molecule has 1 N–H and O–H groups in total. The summed E-state index contributed by atoms with van der Waals surface area (Å²) >= 11 is 0. The molecule has 1 aliphatic rings. The van der Waals surface area contributed by atoms with Crippen molar-refractivity contribution in [1.29, 1.82) is 0 Å². The highest BCUT2D eigenvalue weighted by Gasteiger charge is 2.35. The van der Waals surface area contributed by atoms with Crippen LogP contribution < -0.4 is 15.0 Å². The Hall–Kier alpha value is -2.04. The Morgan fingerprint density at radius 1 is 1.30 bits per heavy atom. The van der Waals surface area contributed by atoms with E-state index in [1.165, 1.54) is 4.90 Å². The Kier molecular flexibility index (Phi) is 4.27. The Balaban J connectivity index is 2.21. The molecule has 0 saturated carbocycles. The van der Waals surface area contributed by atoms with Crippen molar-refractivity contribution >= 4 is 17.5 Å². The van der Waals surface area contributed by atoms with Crippen LogP contribution in [-0.2, 0) is 9.59 Å². The molecule has 0 bridgehead atoms. The van der Waals surface area contributed by atoms with E-state index in [2.05, 4.69) is 5.32 Å². The van der Waals surface area contributed by atoms with E-state index in [4.69, 9.17) is 4.74 Å². The van der Waals surface area contributed by atoms with Gasteiger partial charge in [0.25, 0.3) is 0 Å².